The fraction of sp³-hybridized carbons (Fsp3) is 0.185. The largest absolute Gasteiger partial charge is 0.333 e. The number of carbonyl (C=O) groups is 1. The van der Waals surface area contributed by atoms with Gasteiger partial charge in [0.05, 0.1) is 10.5 Å². The van der Waals surface area contributed by atoms with Crippen molar-refractivity contribution < 1.29 is 13.6 Å². The van der Waals surface area contributed by atoms with Crippen LogP contribution in [0.15, 0.2) is 60.8 Å². The molecular formula is C27H22Cl2F2N4O. The van der Waals surface area contributed by atoms with Crippen molar-refractivity contribution in [3.05, 3.63) is 105 Å². The van der Waals surface area contributed by atoms with E-state index < -0.39 is 5.82 Å². The van der Waals surface area contributed by atoms with Crippen molar-refractivity contribution in [3.8, 4) is 0 Å². The van der Waals surface area contributed by atoms with E-state index in [4.69, 9.17) is 23.2 Å². The molecule has 1 aliphatic heterocycles. The lowest BCUT2D eigenvalue weighted by Crippen LogP contribution is -2.34. The molecule has 36 heavy (non-hydrogen) atoms. The number of benzene rings is 2. The number of hydrogen-bond acceptors (Lipinski definition) is 3. The topological polar surface area (TPSA) is 50.2 Å². The molecule has 0 fully saturated rings. The van der Waals surface area contributed by atoms with Gasteiger partial charge in [0.1, 0.15) is 16.8 Å². The van der Waals surface area contributed by atoms with Gasteiger partial charge in [-0.05, 0) is 53.1 Å². The minimum atomic E-state index is -0.524. The molecule has 0 saturated heterocycles. The Balaban J connectivity index is 1.40. The van der Waals surface area contributed by atoms with Crippen LogP contribution in [0, 0.1) is 11.6 Å². The molecule has 5 nitrogen and oxygen atoms in total. The van der Waals surface area contributed by atoms with Crippen molar-refractivity contribution in [3.63, 3.8) is 0 Å². The molecule has 4 aromatic rings. The average Bonchev–Trinajstić information content (AvgIpc) is 3.20. The smallest absolute Gasteiger partial charge is 0.326 e. The van der Waals surface area contributed by atoms with Gasteiger partial charge in [0, 0.05) is 49.9 Å². The molecule has 9 heteroatoms. The molecule has 2 aromatic heterocycles. The number of carbonyl (C=O) groups excluding carboxylic acids is 1. The first-order valence-corrected chi connectivity index (χ1v) is 12.2. The van der Waals surface area contributed by atoms with Crippen LogP contribution in [-0.4, -0.2) is 33.6 Å². The second-order valence-corrected chi connectivity index (χ2v) is 9.37. The Hall–Kier alpha value is -3.26. The predicted octanol–water partition coefficient (Wildman–Crippen LogP) is 6.45. The summed E-state index contributed by atoms with van der Waals surface area (Å²) >= 11 is 12.4. The molecule has 0 unspecified atom stereocenters. The molecule has 1 aliphatic rings. The lowest BCUT2D eigenvalue weighted by Gasteiger charge is -2.27. The van der Waals surface area contributed by atoms with Gasteiger partial charge >= 0.3 is 6.03 Å². The first kappa shape index (κ1) is 24.4. The second kappa shape index (κ2) is 10.4. The highest BCUT2D eigenvalue weighted by Crippen LogP contribution is 2.36. The molecule has 3 heterocycles. The number of fused-ring (bicyclic) bond motifs is 3. The van der Waals surface area contributed by atoms with Gasteiger partial charge < -0.3 is 5.32 Å². The molecular weight excluding hydrogens is 505 g/mol. The summed E-state index contributed by atoms with van der Waals surface area (Å²) in [5, 5.41) is 3.84. The van der Waals surface area contributed by atoms with E-state index in [1.807, 2.05) is 12.2 Å². The molecule has 2 aromatic carbocycles. The third-order valence-electron chi connectivity index (χ3n) is 6.26. The Kier molecular flexibility index (Phi) is 7.05. The Bertz CT molecular complexity index is 1470. The van der Waals surface area contributed by atoms with Crippen LogP contribution in [0.25, 0.3) is 17.0 Å². The number of hydrogen-bond donors (Lipinski definition) is 1. The quantitative estimate of drug-likeness (QED) is 0.304. The first-order valence-electron chi connectivity index (χ1n) is 11.4. The molecule has 5 rings (SSSR count). The van der Waals surface area contributed by atoms with E-state index >= 15 is 0 Å². The monoisotopic (exact) mass is 526 g/mol. The fourth-order valence-electron chi connectivity index (χ4n) is 4.55. The maximum Gasteiger partial charge on any atom is 0.326 e. The second-order valence-electron chi connectivity index (χ2n) is 8.60. The number of nitrogens with one attached hydrogen (secondary N) is 1. The molecule has 0 bridgehead atoms. The van der Waals surface area contributed by atoms with Gasteiger partial charge in [-0.25, -0.2) is 18.6 Å². The first-order chi connectivity index (χ1) is 17.4. The Morgan fingerprint density at radius 3 is 2.69 bits per heavy atom. The van der Waals surface area contributed by atoms with Crippen LogP contribution < -0.4 is 5.32 Å². The summed E-state index contributed by atoms with van der Waals surface area (Å²) < 4.78 is 29.2. The molecule has 1 N–H and O–H groups in total. The van der Waals surface area contributed by atoms with Crippen molar-refractivity contribution >= 4 is 46.2 Å². The third-order valence-corrected chi connectivity index (χ3v) is 6.84. The van der Waals surface area contributed by atoms with Crippen LogP contribution in [0.4, 0.5) is 13.6 Å². The van der Waals surface area contributed by atoms with Crippen LogP contribution in [0.5, 0.6) is 0 Å². The summed E-state index contributed by atoms with van der Waals surface area (Å²) in [7, 11) is 0. The molecule has 0 saturated carbocycles. The van der Waals surface area contributed by atoms with E-state index in [1.165, 1.54) is 18.2 Å². The van der Waals surface area contributed by atoms with Gasteiger partial charge in [0.15, 0.2) is 0 Å². The van der Waals surface area contributed by atoms with Crippen molar-refractivity contribution in [2.24, 2.45) is 0 Å². The van der Waals surface area contributed by atoms with Crippen molar-refractivity contribution in [2.45, 2.75) is 19.5 Å². The summed E-state index contributed by atoms with van der Waals surface area (Å²) in [5.74, 6) is -0.797. The maximum atomic E-state index is 14.4. The van der Waals surface area contributed by atoms with Crippen LogP contribution in [0.3, 0.4) is 0 Å². The average molecular weight is 527 g/mol. The van der Waals surface area contributed by atoms with Crippen molar-refractivity contribution in [1.82, 2.24) is 19.8 Å². The molecule has 0 aliphatic carbocycles. The summed E-state index contributed by atoms with van der Waals surface area (Å²) in [5.41, 5.74) is 3.96. The molecule has 0 radical (unpaired) electrons. The lowest BCUT2D eigenvalue weighted by atomic mass is 10.0. The Labute approximate surface area is 216 Å². The van der Waals surface area contributed by atoms with Gasteiger partial charge in [-0.1, -0.05) is 47.5 Å². The zero-order chi connectivity index (χ0) is 25.2. The minimum Gasteiger partial charge on any atom is -0.333 e. The normalized spacial score (nSPS) is 13.9. The standard InChI is InChI=1S/C27H22Cl2F2N4O/c28-24-14-18(9-11-32-24)15-33-27(36)35-22-10-13-34(12-1-2-17-3-5-19(30)6-4-17)16-20(22)25-23(35)8-7-21(31)26(25)29/h1-9,11,14H,10,12-13,15-16H2,(H,33,36). The van der Waals surface area contributed by atoms with E-state index in [1.54, 1.807) is 41.1 Å². The zero-order valence-corrected chi connectivity index (χ0v) is 20.7. The number of pyridine rings is 1. The van der Waals surface area contributed by atoms with E-state index in [0.29, 0.717) is 42.1 Å². The van der Waals surface area contributed by atoms with Crippen LogP contribution in [0.1, 0.15) is 22.4 Å². The van der Waals surface area contributed by atoms with E-state index in [-0.39, 0.29) is 23.4 Å². The highest BCUT2D eigenvalue weighted by atomic mass is 35.5. The van der Waals surface area contributed by atoms with Crippen molar-refractivity contribution in [2.75, 3.05) is 13.1 Å². The highest BCUT2D eigenvalue weighted by Gasteiger charge is 2.28. The van der Waals surface area contributed by atoms with E-state index in [9.17, 15) is 13.6 Å². The summed E-state index contributed by atoms with van der Waals surface area (Å²) in [6.45, 7) is 2.14. The Morgan fingerprint density at radius 1 is 1.11 bits per heavy atom. The summed E-state index contributed by atoms with van der Waals surface area (Å²) in [4.78, 5) is 19.4. The van der Waals surface area contributed by atoms with Crippen LogP contribution >= 0.6 is 23.2 Å². The highest BCUT2D eigenvalue weighted by molar-refractivity contribution is 6.36. The predicted molar refractivity (Wildman–Crippen MR) is 138 cm³/mol. The SMILES string of the molecule is O=C(NCc1ccnc(Cl)c1)n1c2c(c3c(Cl)c(F)ccc31)CN(CC=Cc1ccc(F)cc1)CC2. The molecule has 1 amide bonds. The number of amides is 1. The molecule has 0 spiro atoms. The molecule has 0 atom stereocenters. The van der Waals surface area contributed by atoms with E-state index in [0.717, 1.165) is 22.4 Å². The molecule has 184 valence electrons. The number of halogens is 4. The van der Waals surface area contributed by atoms with Gasteiger partial charge in [-0.15, -0.1) is 0 Å². The fourth-order valence-corrected chi connectivity index (χ4v) is 5.02. The number of aromatic nitrogens is 2. The summed E-state index contributed by atoms with van der Waals surface area (Å²) in [6, 6.07) is 12.3. The third kappa shape index (κ3) is 5.00. The number of nitrogens with zero attached hydrogens (tertiary/aromatic N) is 3. The van der Waals surface area contributed by atoms with Crippen LogP contribution in [-0.2, 0) is 19.5 Å². The maximum absolute atomic E-state index is 14.4. The van der Waals surface area contributed by atoms with Gasteiger partial charge in [-0.2, -0.15) is 0 Å². The lowest BCUT2D eigenvalue weighted by molar-refractivity contribution is 0.240. The van der Waals surface area contributed by atoms with Gasteiger partial charge in [-0.3, -0.25) is 9.47 Å². The summed E-state index contributed by atoms with van der Waals surface area (Å²) in [6.07, 6.45) is 6.12. The Morgan fingerprint density at radius 2 is 1.92 bits per heavy atom. The zero-order valence-electron chi connectivity index (χ0n) is 19.1. The van der Waals surface area contributed by atoms with Crippen molar-refractivity contribution in [1.29, 1.82) is 0 Å². The minimum absolute atomic E-state index is 0.0138. The van der Waals surface area contributed by atoms with Gasteiger partial charge in [0.2, 0.25) is 0 Å². The van der Waals surface area contributed by atoms with Crippen LogP contribution in [0.2, 0.25) is 10.2 Å². The number of rotatable bonds is 5. The van der Waals surface area contributed by atoms with Gasteiger partial charge in [0.25, 0.3) is 0 Å². The van der Waals surface area contributed by atoms with E-state index in [2.05, 4.69) is 15.2 Å².